The van der Waals surface area contributed by atoms with Crippen molar-refractivity contribution in [2.75, 3.05) is 6.61 Å². The largest absolute Gasteiger partial charge is 0.450 e. The van der Waals surface area contributed by atoms with E-state index in [4.69, 9.17) is 4.74 Å². The highest BCUT2D eigenvalue weighted by Crippen LogP contribution is 2.21. The fraction of sp³-hybridized carbons (Fsp3) is 0.304. The Labute approximate surface area is 175 Å². The molecule has 1 amide bonds. The van der Waals surface area contributed by atoms with E-state index in [1.165, 1.54) is 6.42 Å². The van der Waals surface area contributed by atoms with Crippen LogP contribution in [0.25, 0.3) is 17.1 Å². The van der Waals surface area contributed by atoms with Gasteiger partial charge in [-0.2, -0.15) is 0 Å². The first-order valence-corrected chi connectivity index (χ1v) is 10.2. The van der Waals surface area contributed by atoms with Crippen LogP contribution in [0.4, 0.5) is 0 Å². The minimum absolute atomic E-state index is 0.0804. The molecule has 1 aliphatic carbocycles. The molecule has 0 bridgehead atoms. The molecule has 154 valence electrons. The lowest BCUT2D eigenvalue weighted by molar-refractivity contribution is -0.125. The number of benzene rings is 2. The van der Waals surface area contributed by atoms with Gasteiger partial charge in [0.1, 0.15) is 0 Å². The van der Waals surface area contributed by atoms with Crippen molar-refractivity contribution in [1.82, 2.24) is 20.1 Å². The van der Waals surface area contributed by atoms with Crippen LogP contribution in [0.15, 0.2) is 60.7 Å². The van der Waals surface area contributed by atoms with E-state index < -0.39 is 5.97 Å². The molecular weight excluding hydrogens is 380 g/mol. The van der Waals surface area contributed by atoms with E-state index in [0.29, 0.717) is 5.82 Å². The number of rotatable bonds is 6. The fourth-order valence-corrected chi connectivity index (χ4v) is 3.63. The van der Waals surface area contributed by atoms with Gasteiger partial charge in [0, 0.05) is 11.6 Å². The number of nitrogens with zero attached hydrogens (tertiary/aromatic N) is 3. The van der Waals surface area contributed by atoms with Crippen LogP contribution in [0.1, 0.15) is 42.7 Å². The molecule has 1 saturated carbocycles. The Morgan fingerprint density at radius 1 is 0.967 bits per heavy atom. The molecule has 0 radical (unpaired) electrons. The molecule has 2 aromatic carbocycles. The highest BCUT2D eigenvalue weighted by molar-refractivity contribution is 5.88. The summed E-state index contributed by atoms with van der Waals surface area (Å²) in [4.78, 5) is 29.1. The van der Waals surface area contributed by atoms with E-state index in [-0.39, 0.29) is 24.4 Å². The van der Waals surface area contributed by atoms with E-state index in [0.717, 1.165) is 36.9 Å². The second-order valence-electron chi connectivity index (χ2n) is 7.35. The van der Waals surface area contributed by atoms with E-state index in [1.807, 2.05) is 60.7 Å². The Morgan fingerprint density at radius 2 is 1.63 bits per heavy atom. The third kappa shape index (κ3) is 4.74. The van der Waals surface area contributed by atoms with Crippen LogP contribution in [0.2, 0.25) is 0 Å². The smallest absolute Gasteiger partial charge is 0.378 e. The average Bonchev–Trinajstić information content (AvgIpc) is 3.25. The molecule has 4 rings (SSSR count). The number of nitrogens with one attached hydrogen (secondary N) is 1. The van der Waals surface area contributed by atoms with Crippen molar-refractivity contribution in [3.8, 4) is 17.1 Å². The maximum Gasteiger partial charge on any atom is 0.378 e. The Hall–Kier alpha value is -3.48. The van der Waals surface area contributed by atoms with Crippen molar-refractivity contribution in [3.63, 3.8) is 0 Å². The minimum atomic E-state index is -0.722. The highest BCUT2D eigenvalue weighted by Gasteiger charge is 2.22. The van der Waals surface area contributed by atoms with Gasteiger partial charge in [0.05, 0.1) is 5.69 Å². The lowest BCUT2D eigenvalue weighted by Crippen LogP contribution is -2.38. The quantitative estimate of drug-likeness (QED) is 0.635. The molecule has 1 fully saturated rings. The first-order valence-electron chi connectivity index (χ1n) is 10.2. The van der Waals surface area contributed by atoms with Crippen LogP contribution < -0.4 is 5.32 Å². The van der Waals surface area contributed by atoms with Crippen molar-refractivity contribution in [3.05, 3.63) is 66.5 Å². The zero-order chi connectivity index (χ0) is 20.8. The Balaban J connectivity index is 1.49. The number of hydrogen-bond donors (Lipinski definition) is 1. The van der Waals surface area contributed by atoms with Gasteiger partial charge in [-0.15, -0.1) is 5.10 Å². The van der Waals surface area contributed by atoms with E-state index in [1.54, 1.807) is 4.68 Å². The number of aromatic nitrogens is 3. The summed E-state index contributed by atoms with van der Waals surface area (Å²) in [5.74, 6) is -0.565. The average molecular weight is 404 g/mol. The van der Waals surface area contributed by atoms with Gasteiger partial charge < -0.3 is 10.1 Å². The summed E-state index contributed by atoms with van der Waals surface area (Å²) in [5.41, 5.74) is 1.60. The predicted octanol–water partition coefficient (Wildman–Crippen LogP) is 3.54. The lowest BCUT2D eigenvalue weighted by atomic mass is 9.95. The lowest BCUT2D eigenvalue weighted by Gasteiger charge is -2.22. The number of carbonyl (C=O) groups is 2. The Morgan fingerprint density at radius 3 is 2.33 bits per heavy atom. The first-order chi connectivity index (χ1) is 14.7. The summed E-state index contributed by atoms with van der Waals surface area (Å²) < 4.78 is 6.79. The molecule has 0 spiro atoms. The van der Waals surface area contributed by atoms with Gasteiger partial charge in [0.15, 0.2) is 12.4 Å². The molecule has 7 heteroatoms. The molecule has 7 nitrogen and oxygen atoms in total. The van der Waals surface area contributed by atoms with Crippen LogP contribution in [-0.4, -0.2) is 39.3 Å². The fourth-order valence-electron chi connectivity index (χ4n) is 3.63. The summed E-state index contributed by atoms with van der Waals surface area (Å²) >= 11 is 0. The van der Waals surface area contributed by atoms with Gasteiger partial charge in [-0.05, 0) is 25.0 Å². The number of para-hydroxylation sites is 1. The maximum atomic E-state index is 12.5. The molecule has 3 aromatic rings. The van der Waals surface area contributed by atoms with Gasteiger partial charge in [-0.1, -0.05) is 67.8 Å². The molecular formula is C23H24N4O3. The van der Waals surface area contributed by atoms with Gasteiger partial charge in [0.25, 0.3) is 11.7 Å². The van der Waals surface area contributed by atoms with Crippen LogP contribution in [0, 0.1) is 0 Å². The molecule has 1 aromatic heterocycles. The van der Waals surface area contributed by atoms with Crippen LogP contribution in [0.3, 0.4) is 0 Å². The number of hydrogen-bond acceptors (Lipinski definition) is 5. The van der Waals surface area contributed by atoms with Gasteiger partial charge in [0.2, 0.25) is 0 Å². The monoisotopic (exact) mass is 404 g/mol. The van der Waals surface area contributed by atoms with Crippen LogP contribution in [-0.2, 0) is 9.53 Å². The van der Waals surface area contributed by atoms with Crippen LogP contribution >= 0.6 is 0 Å². The van der Waals surface area contributed by atoms with Gasteiger partial charge >= 0.3 is 5.97 Å². The first kappa shape index (κ1) is 19.8. The van der Waals surface area contributed by atoms with E-state index in [9.17, 15) is 9.59 Å². The van der Waals surface area contributed by atoms with Crippen molar-refractivity contribution in [2.45, 2.75) is 38.1 Å². The van der Waals surface area contributed by atoms with Gasteiger partial charge in [-0.3, -0.25) is 4.79 Å². The zero-order valence-corrected chi connectivity index (χ0v) is 16.7. The summed E-state index contributed by atoms with van der Waals surface area (Å²) in [6.45, 7) is -0.337. The Bertz CT molecular complexity index is 939. The van der Waals surface area contributed by atoms with Crippen molar-refractivity contribution < 1.29 is 14.3 Å². The minimum Gasteiger partial charge on any atom is -0.450 e. The SMILES string of the molecule is O=C(COC(=O)c1nc(-c2ccccc2)n(-c2ccccc2)n1)NC1CCCCC1. The number of ether oxygens (including phenoxy) is 1. The molecule has 0 aliphatic heterocycles. The second-order valence-corrected chi connectivity index (χ2v) is 7.35. The second kappa shape index (κ2) is 9.35. The predicted molar refractivity (Wildman–Crippen MR) is 112 cm³/mol. The summed E-state index contributed by atoms with van der Waals surface area (Å²) in [6, 6.07) is 19.1. The van der Waals surface area contributed by atoms with Crippen LogP contribution in [0.5, 0.6) is 0 Å². The van der Waals surface area contributed by atoms with Gasteiger partial charge in [-0.25, -0.2) is 14.5 Å². The molecule has 0 unspecified atom stereocenters. The molecule has 1 heterocycles. The normalized spacial score (nSPS) is 14.3. The summed E-state index contributed by atoms with van der Waals surface area (Å²) in [7, 11) is 0. The summed E-state index contributed by atoms with van der Waals surface area (Å²) in [6.07, 6.45) is 5.40. The molecule has 0 saturated heterocycles. The molecule has 1 aliphatic rings. The molecule has 0 atom stereocenters. The number of amides is 1. The number of esters is 1. The topological polar surface area (TPSA) is 86.1 Å². The van der Waals surface area contributed by atoms with E-state index >= 15 is 0 Å². The third-order valence-electron chi connectivity index (χ3n) is 5.13. The standard InChI is InChI=1S/C23H24N4O3/c28-20(24-18-12-6-2-7-13-18)16-30-23(29)21-25-22(17-10-4-1-5-11-17)27(26-21)19-14-8-3-9-15-19/h1,3-5,8-11,14-15,18H,2,6-7,12-13,16H2,(H,24,28). The van der Waals surface area contributed by atoms with Crippen molar-refractivity contribution >= 4 is 11.9 Å². The molecule has 1 N–H and O–H groups in total. The van der Waals surface area contributed by atoms with Crippen molar-refractivity contribution in [2.24, 2.45) is 0 Å². The Kier molecular flexibility index (Phi) is 6.17. The maximum absolute atomic E-state index is 12.5. The third-order valence-corrected chi connectivity index (χ3v) is 5.13. The van der Waals surface area contributed by atoms with E-state index in [2.05, 4.69) is 15.4 Å². The summed E-state index contributed by atoms with van der Waals surface area (Å²) in [5, 5.41) is 7.28. The number of carbonyl (C=O) groups excluding carboxylic acids is 2. The highest BCUT2D eigenvalue weighted by atomic mass is 16.5. The van der Waals surface area contributed by atoms with Crippen molar-refractivity contribution in [1.29, 1.82) is 0 Å². The molecule has 30 heavy (non-hydrogen) atoms. The zero-order valence-electron chi connectivity index (χ0n) is 16.7.